The van der Waals surface area contributed by atoms with E-state index < -0.39 is 11.6 Å². The Bertz CT molecular complexity index is 1030. The number of benzene rings is 2. The summed E-state index contributed by atoms with van der Waals surface area (Å²) >= 11 is 0. The van der Waals surface area contributed by atoms with E-state index in [0.29, 0.717) is 11.3 Å². The third-order valence-electron chi connectivity index (χ3n) is 5.53. The molecule has 4 rings (SSSR count). The van der Waals surface area contributed by atoms with Crippen molar-refractivity contribution in [3.63, 3.8) is 0 Å². The van der Waals surface area contributed by atoms with Gasteiger partial charge in [-0.1, -0.05) is 31.9 Å². The summed E-state index contributed by atoms with van der Waals surface area (Å²) in [4.78, 5) is 0. The lowest BCUT2D eigenvalue weighted by Crippen LogP contribution is -2.32. The van der Waals surface area contributed by atoms with Crippen LogP contribution in [0.4, 0.5) is 14.5 Å². The van der Waals surface area contributed by atoms with Crippen LogP contribution in [0.1, 0.15) is 64.5 Å². The summed E-state index contributed by atoms with van der Waals surface area (Å²) in [6.07, 6.45) is 8.40. The summed E-state index contributed by atoms with van der Waals surface area (Å²) in [5.41, 5.74) is 5.19. The summed E-state index contributed by atoms with van der Waals surface area (Å²) in [5, 5.41) is 3.55. The summed E-state index contributed by atoms with van der Waals surface area (Å²) in [6.45, 7) is 8.49. The molecular weight excluding hydrogens is 368 g/mol. The minimum atomic E-state index is -0.672. The van der Waals surface area contributed by atoms with Gasteiger partial charge in [0.1, 0.15) is 11.6 Å². The lowest BCUT2D eigenvalue weighted by atomic mass is 9.83. The van der Waals surface area contributed by atoms with Gasteiger partial charge in [-0.2, -0.15) is 0 Å². The van der Waals surface area contributed by atoms with E-state index in [9.17, 15) is 8.78 Å². The maximum Gasteiger partial charge on any atom is 0.171 e. The molecule has 0 spiro atoms. The maximum absolute atomic E-state index is 14.5. The van der Waals surface area contributed by atoms with E-state index in [4.69, 9.17) is 4.74 Å². The first-order valence-electron chi connectivity index (χ1n) is 10.3. The Morgan fingerprint density at radius 3 is 2.62 bits per heavy atom. The number of hydrogen-bond donors (Lipinski definition) is 1. The third-order valence-corrected chi connectivity index (χ3v) is 5.53. The molecule has 29 heavy (non-hydrogen) atoms. The van der Waals surface area contributed by atoms with Gasteiger partial charge >= 0.3 is 0 Å². The molecule has 0 aromatic heterocycles. The molecule has 0 atom stereocenters. The molecule has 0 unspecified atom stereocenters. The van der Waals surface area contributed by atoms with Crippen LogP contribution in [0, 0.1) is 11.6 Å². The van der Waals surface area contributed by atoms with E-state index in [0.717, 1.165) is 59.7 Å². The van der Waals surface area contributed by atoms with Gasteiger partial charge in [0.2, 0.25) is 0 Å². The molecule has 2 aliphatic rings. The van der Waals surface area contributed by atoms with Crippen molar-refractivity contribution in [3.05, 3.63) is 59.2 Å². The lowest BCUT2D eigenvalue weighted by Gasteiger charge is -2.35. The minimum absolute atomic E-state index is 0.103. The number of unbranched alkanes of at least 4 members (excludes halogenated alkanes) is 3. The van der Waals surface area contributed by atoms with Gasteiger partial charge in [-0.25, -0.2) is 8.78 Å². The van der Waals surface area contributed by atoms with Crippen LogP contribution in [-0.2, 0) is 0 Å². The number of allylic oxidation sites excluding steroid dienone is 2. The van der Waals surface area contributed by atoms with Gasteiger partial charge < -0.3 is 10.1 Å². The molecule has 0 saturated carbocycles. The van der Waals surface area contributed by atoms with Crippen molar-refractivity contribution >= 4 is 17.0 Å². The Morgan fingerprint density at radius 2 is 1.86 bits per heavy atom. The standard InChI is InChI=1S/C25H27F2NO/c1-5-6-7-8-9-21-23-17(18-12-16(26)13-19(27)24(18)29-21)10-11-20-22(23)15(2)14-25(3,4)28-20/h9-14,28H,5-8H2,1-4H3/b21-9-. The van der Waals surface area contributed by atoms with Crippen molar-refractivity contribution in [2.75, 3.05) is 5.32 Å². The van der Waals surface area contributed by atoms with Crippen LogP contribution in [0.25, 0.3) is 22.5 Å². The van der Waals surface area contributed by atoms with Gasteiger partial charge in [-0.15, -0.1) is 0 Å². The van der Waals surface area contributed by atoms with Crippen molar-refractivity contribution in [1.29, 1.82) is 0 Å². The summed E-state index contributed by atoms with van der Waals surface area (Å²) in [7, 11) is 0. The van der Waals surface area contributed by atoms with E-state index in [2.05, 4.69) is 39.1 Å². The fourth-order valence-corrected chi connectivity index (χ4v) is 4.39. The average Bonchev–Trinajstić information content (AvgIpc) is 2.64. The quantitative estimate of drug-likeness (QED) is 0.540. The smallest absolute Gasteiger partial charge is 0.171 e. The molecule has 2 aliphatic heterocycles. The highest BCUT2D eigenvalue weighted by molar-refractivity contribution is 5.97. The number of halogens is 2. The number of hydrogen-bond acceptors (Lipinski definition) is 2. The zero-order valence-electron chi connectivity index (χ0n) is 17.5. The van der Waals surface area contributed by atoms with Gasteiger partial charge in [0.05, 0.1) is 5.54 Å². The molecule has 0 amide bonds. The molecule has 152 valence electrons. The van der Waals surface area contributed by atoms with Gasteiger partial charge in [0, 0.05) is 28.4 Å². The van der Waals surface area contributed by atoms with Gasteiger partial charge in [-0.05, 0) is 63.0 Å². The van der Waals surface area contributed by atoms with Crippen LogP contribution in [0.5, 0.6) is 5.75 Å². The maximum atomic E-state index is 14.5. The van der Waals surface area contributed by atoms with E-state index >= 15 is 0 Å². The van der Waals surface area contributed by atoms with Gasteiger partial charge in [-0.3, -0.25) is 0 Å². The monoisotopic (exact) mass is 395 g/mol. The highest BCUT2D eigenvalue weighted by atomic mass is 19.1. The minimum Gasteiger partial charge on any atom is -0.453 e. The topological polar surface area (TPSA) is 21.3 Å². The van der Waals surface area contributed by atoms with Crippen LogP contribution < -0.4 is 10.1 Å². The Labute approximate surface area is 171 Å². The van der Waals surface area contributed by atoms with E-state index in [1.54, 1.807) is 0 Å². The molecule has 0 fully saturated rings. The van der Waals surface area contributed by atoms with Crippen molar-refractivity contribution in [2.24, 2.45) is 0 Å². The van der Waals surface area contributed by atoms with Crippen LogP contribution in [0.2, 0.25) is 0 Å². The number of anilines is 1. The highest BCUT2D eigenvalue weighted by Gasteiger charge is 2.32. The van der Waals surface area contributed by atoms with Crippen LogP contribution in [-0.4, -0.2) is 5.54 Å². The second kappa shape index (κ2) is 7.33. The second-order valence-corrected chi connectivity index (χ2v) is 8.52. The molecule has 0 bridgehead atoms. The van der Waals surface area contributed by atoms with E-state index in [-0.39, 0.29) is 11.3 Å². The highest BCUT2D eigenvalue weighted by Crippen LogP contribution is 2.49. The van der Waals surface area contributed by atoms with Crippen LogP contribution >= 0.6 is 0 Å². The molecule has 4 heteroatoms. The molecule has 2 aromatic carbocycles. The summed E-state index contributed by atoms with van der Waals surface area (Å²) < 4.78 is 34.6. The normalized spacial score (nSPS) is 17.6. The Kier molecular flexibility index (Phi) is 4.97. The van der Waals surface area contributed by atoms with Crippen molar-refractivity contribution in [2.45, 2.75) is 58.9 Å². The lowest BCUT2D eigenvalue weighted by molar-refractivity contribution is 0.456. The van der Waals surface area contributed by atoms with Crippen LogP contribution in [0.15, 0.2) is 36.4 Å². The van der Waals surface area contributed by atoms with E-state index in [1.165, 1.54) is 6.07 Å². The molecule has 2 heterocycles. The first-order chi connectivity index (χ1) is 13.8. The largest absolute Gasteiger partial charge is 0.453 e. The zero-order chi connectivity index (χ0) is 20.8. The number of nitrogens with one attached hydrogen (secondary N) is 1. The van der Waals surface area contributed by atoms with Gasteiger partial charge in [0.25, 0.3) is 0 Å². The summed E-state index contributed by atoms with van der Waals surface area (Å²) in [5.74, 6) is -0.517. The fourth-order valence-electron chi connectivity index (χ4n) is 4.39. The van der Waals surface area contributed by atoms with Crippen molar-refractivity contribution in [3.8, 4) is 16.9 Å². The fraction of sp³-hybridized carbons (Fsp3) is 0.360. The molecule has 1 N–H and O–H groups in total. The first kappa shape index (κ1) is 19.7. The number of rotatable bonds is 4. The second-order valence-electron chi connectivity index (χ2n) is 8.52. The Morgan fingerprint density at radius 1 is 1.07 bits per heavy atom. The molecule has 0 saturated heterocycles. The third kappa shape index (κ3) is 3.57. The van der Waals surface area contributed by atoms with Crippen molar-refractivity contribution < 1.29 is 13.5 Å². The van der Waals surface area contributed by atoms with Crippen LogP contribution in [0.3, 0.4) is 0 Å². The summed E-state index contributed by atoms with van der Waals surface area (Å²) in [6, 6.07) is 6.18. The molecule has 0 radical (unpaired) electrons. The molecule has 2 aromatic rings. The average molecular weight is 395 g/mol. The number of ether oxygens (including phenoxy) is 1. The van der Waals surface area contributed by atoms with E-state index in [1.807, 2.05) is 18.2 Å². The first-order valence-corrected chi connectivity index (χ1v) is 10.3. The Balaban J connectivity index is 1.94. The molecule has 0 aliphatic carbocycles. The zero-order valence-corrected chi connectivity index (χ0v) is 17.5. The Hall–Kier alpha value is -2.62. The SMILES string of the molecule is CCCCC/C=C1\Oc2c(F)cc(F)cc2-c2ccc3c(c21)C(C)=CC(C)(C)N3. The predicted molar refractivity (Wildman–Crippen MR) is 116 cm³/mol. The molecule has 2 nitrogen and oxygen atoms in total. The van der Waals surface area contributed by atoms with Gasteiger partial charge in [0.15, 0.2) is 11.6 Å². The van der Waals surface area contributed by atoms with Crippen molar-refractivity contribution in [1.82, 2.24) is 0 Å². The molecular formula is C25H27F2NO. The number of fused-ring (bicyclic) bond motifs is 5. The predicted octanol–water partition coefficient (Wildman–Crippen LogP) is 7.55.